The van der Waals surface area contributed by atoms with E-state index in [0.29, 0.717) is 10.9 Å². The summed E-state index contributed by atoms with van der Waals surface area (Å²) in [6.07, 6.45) is 0.418. The standard InChI is InChI=1S/C13H17BrF2N2/c14-11-2-1-10(9-12(11)16)13(3-4-15)18-7-5-17-6-8-18/h1-2,9,13,17H,3-8H2/t13-/m0/s1. The molecule has 0 aromatic heterocycles. The van der Waals surface area contributed by atoms with Crippen LogP contribution in [0.1, 0.15) is 18.0 Å². The van der Waals surface area contributed by atoms with Crippen LogP contribution < -0.4 is 5.32 Å². The zero-order valence-corrected chi connectivity index (χ0v) is 11.7. The molecule has 0 unspecified atom stereocenters. The van der Waals surface area contributed by atoms with Crippen molar-refractivity contribution >= 4 is 15.9 Å². The Morgan fingerprint density at radius 2 is 2.06 bits per heavy atom. The number of hydrogen-bond donors (Lipinski definition) is 1. The van der Waals surface area contributed by atoms with E-state index in [-0.39, 0.29) is 18.5 Å². The number of benzene rings is 1. The minimum atomic E-state index is -0.383. The van der Waals surface area contributed by atoms with E-state index >= 15 is 0 Å². The van der Waals surface area contributed by atoms with E-state index in [9.17, 15) is 8.78 Å². The number of hydrogen-bond acceptors (Lipinski definition) is 2. The summed E-state index contributed by atoms with van der Waals surface area (Å²) in [7, 11) is 0. The molecular weight excluding hydrogens is 302 g/mol. The van der Waals surface area contributed by atoms with E-state index in [4.69, 9.17) is 0 Å². The van der Waals surface area contributed by atoms with Gasteiger partial charge in [0.15, 0.2) is 0 Å². The molecule has 2 nitrogen and oxygen atoms in total. The maximum Gasteiger partial charge on any atom is 0.137 e. The first-order valence-electron chi connectivity index (χ1n) is 6.18. The molecule has 1 aromatic carbocycles. The second-order valence-corrected chi connectivity index (χ2v) is 5.31. The van der Waals surface area contributed by atoms with E-state index in [1.165, 1.54) is 6.07 Å². The molecule has 100 valence electrons. The molecule has 1 fully saturated rings. The molecule has 0 saturated carbocycles. The van der Waals surface area contributed by atoms with Crippen LogP contribution in [0.5, 0.6) is 0 Å². The van der Waals surface area contributed by atoms with Crippen molar-refractivity contribution in [3.05, 3.63) is 34.1 Å². The molecule has 18 heavy (non-hydrogen) atoms. The van der Waals surface area contributed by atoms with Crippen molar-refractivity contribution in [1.29, 1.82) is 0 Å². The predicted octanol–water partition coefficient (Wildman–Crippen LogP) is 2.89. The first-order valence-corrected chi connectivity index (χ1v) is 6.97. The van der Waals surface area contributed by atoms with E-state index in [1.807, 2.05) is 6.07 Å². The first kappa shape index (κ1) is 13.9. The van der Waals surface area contributed by atoms with Crippen molar-refractivity contribution in [3.8, 4) is 0 Å². The SMILES string of the molecule is FCC[C@@H](c1ccc(Br)c(F)c1)N1CCNCC1. The number of halogens is 3. The molecule has 0 bridgehead atoms. The molecule has 1 aliphatic heterocycles. The van der Waals surface area contributed by atoms with Gasteiger partial charge in [0, 0.05) is 32.2 Å². The lowest BCUT2D eigenvalue weighted by Crippen LogP contribution is -2.45. The van der Waals surface area contributed by atoms with Crippen LogP contribution >= 0.6 is 15.9 Å². The predicted molar refractivity (Wildman–Crippen MR) is 71.9 cm³/mol. The van der Waals surface area contributed by atoms with Crippen LogP contribution in [0.2, 0.25) is 0 Å². The number of piperazine rings is 1. The number of nitrogens with zero attached hydrogens (tertiary/aromatic N) is 1. The van der Waals surface area contributed by atoms with Gasteiger partial charge >= 0.3 is 0 Å². The van der Waals surface area contributed by atoms with Crippen molar-refractivity contribution in [3.63, 3.8) is 0 Å². The van der Waals surface area contributed by atoms with E-state index in [0.717, 1.165) is 31.7 Å². The fourth-order valence-corrected chi connectivity index (χ4v) is 2.62. The summed E-state index contributed by atoms with van der Waals surface area (Å²) in [5, 5.41) is 3.27. The van der Waals surface area contributed by atoms with Crippen LogP contribution in [0, 0.1) is 5.82 Å². The molecule has 5 heteroatoms. The Morgan fingerprint density at radius 1 is 1.33 bits per heavy atom. The van der Waals surface area contributed by atoms with Gasteiger partial charge in [0.25, 0.3) is 0 Å². The van der Waals surface area contributed by atoms with Gasteiger partial charge < -0.3 is 5.32 Å². The lowest BCUT2D eigenvalue weighted by molar-refractivity contribution is 0.157. The van der Waals surface area contributed by atoms with Crippen LogP contribution in [0.15, 0.2) is 22.7 Å². The van der Waals surface area contributed by atoms with Gasteiger partial charge in [0.05, 0.1) is 11.1 Å². The molecule has 2 rings (SSSR count). The molecule has 1 saturated heterocycles. The highest BCUT2D eigenvalue weighted by Crippen LogP contribution is 2.27. The monoisotopic (exact) mass is 318 g/mol. The van der Waals surface area contributed by atoms with Crippen molar-refractivity contribution in [2.75, 3.05) is 32.9 Å². The smallest absolute Gasteiger partial charge is 0.137 e. The summed E-state index contributed by atoms with van der Waals surface area (Å²) >= 11 is 3.14. The average molecular weight is 319 g/mol. The average Bonchev–Trinajstić information content (AvgIpc) is 2.40. The second-order valence-electron chi connectivity index (χ2n) is 4.45. The first-order chi connectivity index (χ1) is 8.72. The van der Waals surface area contributed by atoms with Gasteiger partial charge in [-0.15, -0.1) is 0 Å². The van der Waals surface area contributed by atoms with E-state index in [2.05, 4.69) is 26.1 Å². The molecule has 1 heterocycles. The Balaban J connectivity index is 2.19. The molecule has 1 aliphatic rings. The normalized spacial score (nSPS) is 18.8. The van der Waals surface area contributed by atoms with Crippen LogP contribution in [0.3, 0.4) is 0 Å². The van der Waals surface area contributed by atoms with Gasteiger partial charge in [-0.1, -0.05) is 6.07 Å². The van der Waals surface area contributed by atoms with Gasteiger partial charge in [0.1, 0.15) is 5.82 Å². The van der Waals surface area contributed by atoms with Gasteiger partial charge in [0.2, 0.25) is 0 Å². The molecule has 1 aromatic rings. The highest BCUT2D eigenvalue weighted by Gasteiger charge is 2.22. The summed E-state index contributed by atoms with van der Waals surface area (Å²) in [6, 6.07) is 5.04. The minimum Gasteiger partial charge on any atom is -0.314 e. The fourth-order valence-electron chi connectivity index (χ4n) is 2.38. The van der Waals surface area contributed by atoms with Crippen molar-refractivity contribution in [2.45, 2.75) is 12.5 Å². The second kappa shape index (κ2) is 6.59. The Hall–Kier alpha value is -0.520. The Bertz CT molecular complexity index is 395. The lowest BCUT2D eigenvalue weighted by atomic mass is 10.0. The van der Waals surface area contributed by atoms with Gasteiger partial charge in [-0.2, -0.15) is 0 Å². The molecule has 0 radical (unpaired) electrons. The van der Waals surface area contributed by atoms with Gasteiger partial charge in [-0.05, 0) is 40.0 Å². The van der Waals surface area contributed by atoms with Crippen molar-refractivity contribution in [1.82, 2.24) is 10.2 Å². The third-order valence-electron chi connectivity index (χ3n) is 3.30. The lowest BCUT2D eigenvalue weighted by Gasteiger charge is -2.35. The quantitative estimate of drug-likeness (QED) is 0.918. The Labute approximate surface area is 114 Å². The maximum absolute atomic E-state index is 13.6. The van der Waals surface area contributed by atoms with Crippen LogP contribution in [0.25, 0.3) is 0 Å². The van der Waals surface area contributed by atoms with Crippen molar-refractivity contribution < 1.29 is 8.78 Å². The summed E-state index contributed by atoms with van der Waals surface area (Å²) in [6.45, 7) is 3.18. The summed E-state index contributed by atoms with van der Waals surface area (Å²) in [4.78, 5) is 2.22. The molecular formula is C13H17BrF2N2. The summed E-state index contributed by atoms with van der Waals surface area (Å²) in [5.74, 6) is -0.286. The number of alkyl halides is 1. The van der Waals surface area contributed by atoms with Gasteiger partial charge in [-0.3, -0.25) is 9.29 Å². The Morgan fingerprint density at radius 3 is 2.67 bits per heavy atom. The maximum atomic E-state index is 13.6. The number of rotatable bonds is 4. The summed E-state index contributed by atoms with van der Waals surface area (Å²) in [5.41, 5.74) is 0.857. The molecule has 0 amide bonds. The largest absolute Gasteiger partial charge is 0.314 e. The fraction of sp³-hybridized carbons (Fsp3) is 0.538. The van der Waals surface area contributed by atoms with Crippen molar-refractivity contribution in [2.24, 2.45) is 0 Å². The van der Waals surface area contributed by atoms with E-state index < -0.39 is 0 Å². The van der Waals surface area contributed by atoms with Gasteiger partial charge in [-0.25, -0.2) is 4.39 Å². The van der Waals surface area contributed by atoms with Crippen LogP contribution in [-0.2, 0) is 0 Å². The molecule has 0 aliphatic carbocycles. The highest BCUT2D eigenvalue weighted by atomic mass is 79.9. The zero-order chi connectivity index (χ0) is 13.0. The van der Waals surface area contributed by atoms with Crippen LogP contribution in [0.4, 0.5) is 8.78 Å². The zero-order valence-electron chi connectivity index (χ0n) is 10.1. The highest BCUT2D eigenvalue weighted by molar-refractivity contribution is 9.10. The van der Waals surface area contributed by atoms with E-state index in [1.54, 1.807) is 6.07 Å². The Kier molecular flexibility index (Phi) is 5.09. The third kappa shape index (κ3) is 3.28. The molecule has 0 spiro atoms. The topological polar surface area (TPSA) is 15.3 Å². The number of nitrogens with one attached hydrogen (secondary N) is 1. The molecule has 1 N–H and O–H groups in total. The summed E-state index contributed by atoms with van der Waals surface area (Å²) < 4.78 is 26.7. The van der Waals surface area contributed by atoms with Crippen LogP contribution in [-0.4, -0.2) is 37.8 Å². The molecule has 1 atom stereocenters. The third-order valence-corrected chi connectivity index (χ3v) is 3.95. The minimum absolute atomic E-state index is 0.0281.